The molecule has 0 saturated heterocycles. The van der Waals surface area contributed by atoms with Gasteiger partial charge in [-0.05, 0) is 43.7 Å². The Balaban J connectivity index is 1.76. The lowest BCUT2D eigenvalue weighted by atomic mass is 10.0. The summed E-state index contributed by atoms with van der Waals surface area (Å²) in [7, 11) is 1.74. The van der Waals surface area contributed by atoms with Gasteiger partial charge in [-0.2, -0.15) is 5.10 Å². The van der Waals surface area contributed by atoms with Gasteiger partial charge in [0.2, 0.25) is 5.91 Å². The van der Waals surface area contributed by atoms with Crippen molar-refractivity contribution in [2.45, 2.75) is 32.9 Å². The third kappa shape index (κ3) is 5.44. The van der Waals surface area contributed by atoms with E-state index in [1.165, 1.54) is 0 Å². The number of halogens is 1. The van der Waals surface area contributed by atoms with E-state index >= 15 is 0 Å². The lowest BCUT2D eigenvalue weighted by Gasteiger charge is -2.22. The molecule has 0 bridgehead atoms. The van der Waals surface area contributed by atoms with Crippen molar-refractivity contribution < 1.29 is 9.59 Å². The zero-order valence-corrected chi connectivity index (χ0v) is 18.6. The SMILES string of the molecule is Cc1nn(-c2ccccc2)c(C)c1CN(C)C(=O)CC(NC(N)=O)c1ccc(Cl)cc1. The number of hydrogen-bond donors (Lipinski definition) is 2. The summed E-state index contributed by atoms with van der Waals surface area (Å²) in [5.74, 6) is -0.125. The van der Waals surface area contributed by atoms with Crippen LogP contribution < -0.4 is 11.1 Å². The molecular formula is C23H26ClN5O2. The number of carbonyl (C=O) groups excluding carboxylic acids is 2. The topological polar surface area (TPSA) is 93.2 Å². The molecule has 3 aromatic rings. The molecule has 0 aliphatic heterocycles. The van der Waals surface area contributed by atoms with Crippen LogP contribution in [0, 0.1) is 13.8 Å². The highest BCUT2D eigenvalue weighted by atomic mass is 35.5. The van der Waals surface area contributed by atoms with Crippen LogP contribution in [0.4, 0.5) is 4.79 Å². The predicted molar refractivity (Wildman–Crippen MR) is 121 cm³/mol. The molecular weight excluding hydrogens is 414 g/mol. The van der Waals surface area contributed by atoms with Gasteiger partial charge in [0.1, 0.15) is 0 Å². The predicted octanol–water partition coefficient (Wildman–Crippen LogP) is 3.90. The summed E-state index contributed by atoms with van der Waals surface area (Å²) in [5.41, 5.74) is 9.89. The molecule has 0 spiro atoms. The summed E-state index contributed by atoms with van der Waals surface area (Å²) < 4.78 is 1.88. The van der Waals surface area contributed by atoms with Gasteiger partial charge in [-0.1, -0.05) is 41.9 Å². The van der Waals surface area contributed by atoms with E-state index in [-0.39, 0.29) is 12.3 Å². The third-order valence-corrected chi connectivity index (χ3v) is 5.48. The average molecular weight is 440 g/mol. The van der Waals surface area contributed by atoms with Crippen LogP contribution in [0.1, 0.15) is 35.0 Å². The lowest BCUT2D eigenvalue weighted by Crippen LogP contribution is -2.37. The van der Waals surface area contributed by atoms with E-state index in [1.807, 2.05) is 48.9 Å². The van der Waals surface area contributed by atoms with Gasteiger partial charge < -0.3 is 16.0 Å². The Morgan fingerprint density at radius 2 is 1.77 bits per heavy atom. The average Bonchev–Trinajstić information content (AvgIpc) is 3.02. The number of urea groups is 1. The molecule has 162 valence electrons. The van der Waals surface area contributed by atoms with Gasteiger partial charge >= 0.3 is 6.03 Å². The van der Waals surface area contributed by atoms with E-state index in [0.717, 1.165) is 28.2 Å². The van der Waals surface area contributed by atoms with Crippen molar-refractivity contribution in [1.29, 1.82) is 0 Å². The first-order valence-corrected chi connectivity index (χ1v) is 10.3. The summed E-state index contributed by atoms with van der Waals surface area (Å²) in [6.45, 7) is 4.34. The van der Waals surface area contributed by atoms with Gasteiger partial charge in [0.25, 0.3) is 0 Å². The van der Waals surface area contributed by atoms with E-state index in [1.54, 1.807) is 36.2 Å². The van der Waals surface area contributed by atoms with Crippen molar-refractivity contribution in [3.05, 3.63) is 82.1 Å². The Hall–Kier alpha value is -3.32. The molecule has 2 aromatic carbocycles. The van der Waals surface area contributed by atoms with E-state index in [4.69, 9.17) is 17.3 Å². The number of aryl methyl sites for hydroxylation is 1. The number of primary amides is 1. The number of nitrogens with one attached hydrogen (secondary N) is 1. The molecule has 1 atom stereocenters. The second-order valence-corrected chi connectivity index (χ2v) is 7.90. The normalized spacial score (nSPS) is 11.7. The molecule has 3 rings (SSSR count). The fraction of sp³-hybridized carbons (Fsp3) is 0.261. The van der Waals surface area contributed by atoms with Crippen molar-refractivity contribution in [3.63, 3.8) is 0 Å². The quantitative estimate of drug-likeness (QED) is 0.584. The Labute approximate surface area is 186 Å². The minimum atomic E-state index is -0.689. The van der Waals surface area contributed by atoms with Crippen LogP contribution in [0.3, 0.4) is 0 Å². The Morgan fingerprint density at radius 3 is 2.39 bits per heavy atom. The van der Waals surface area contributed by atoms with Crippen molar-refractivity contribution in [2.75, 3.05) is 7.05 Å². The molecule has 7 nitrogen and oxygen atoms in total. The molecule has 1 heterocycles. The number of nitrogens with zero attached hydrogens (tertiary/aromatic N) is 3. The molecule has 0 radical (unpaired) electrons. The monoisotopic (exact) mass is 439 g/mol. The van der Waals surface area contributed by atoms with Crippen molar-refractivity contribution >= 4 is 23.5 Å². The zero-order chi connectivity index (χ0) is 22.5. The molecule has 0 aliphatic carbocycles. The number of aromatic nitrogens is 2. The zero-order valence-electron chi connectivity index (χ0n) is 17.8. The highest BCUT2D eigenvalue weighted by Crippen LogP contribution is 2.23. The molecule has 0 saturated carbocycles. The molecule has 31 heavy (non-hydrogen) atoms. The number of nitrogens with two attached hydrogens (primary N) is 1. The minimum Gasteiger partial charge on any atom is -0.352 e. The second-order valence-electron chi connectivity index (χ2n) is 7.46. The number of para-hydroxylation sites is 1. The van der Waals surface area contributed by atoms with Crippen LogP contribution in [0.2, 0.25) is 5.02 Å². The summed E-state index contributed by atoms with van der Waals surface area (Å²) in [4.78, 5) is 26.1. The maximum absolute atomic E-state index is 13.0. The molecule has 1 unspecified atom stereocenters. The van der Waals surface area contributed by atoms with Crippen LogP contribution in [-0.2, 0) is 11.3 Å². The fourth-order valence-electron chi connectivity index (χ4n) is 3.50. The van der Waals surface area contributed by atoms with Gasteiger partial charge in [0, 0.05) is 29.9 Å². The highest BCUT2D eigenvalue weighted by Gasteiger charge is 2.22. The van der Waals surface area contributed by atoms with Gasteiger partial charge in [0.05, 0.1) is 23.8 Å². The number of amides is 3. The van der Waals surface area contributed by atoms with Crippen LogP contribution in [0.5, 0.6) is 0 Å². The van der Waals surface area contributed by atoms with Crippen LogP contribution in [0.15, 0.2) is 54.6 Å². The summed E-state index contributed by atoms with van der Waals surface area (Å²) in [6.07, 6.45) is 0.0754. The number of rotatable bonds is 7. The first kappa shape index (κ1) is 22.4. The Bertz CT molecular complexity index is 1060. The fourth-order valence-corrected chi connectivity index (χ4v) is 3.63. The highest BCUT2D eigenvalue weighted by molar-refractivity contribution is 6.30. The van der Waals surface area contributed by atoms with E-state index in [9.17, 15) is 9.59 Å². The van der Waals surface area contributed by atoms with Crippen molar-refractivity contribution in [2.24, 2.45) is 5.73 Å². The lowest BCUT2D eigenvalue weighted by molar-refractivity contribution is -0.130. The van der Waals surface area contributed by atoms with Gasteiger partial charge in [-0.3, -0.25) is 4.79 Å². The molecule has 3 amide bonds. The maximum Gasteiger partial charge on any atom is 0.312 e. The molecule has 3 N–H and O–H groups in total. The third-order valence-electron chi connectivity index (χ3n) is 5.23. The summed E-state index contributed by atoms with van der Waals surface area (Å²) >= 11 is 5.95. The maximum atomic E-state index is 13.0. The minimum absolute atomic E-state index is 0.0754. The van der Waals surface area contributed by atoms with Gasteiger partial charge in [-0.15, -0.1) is 0 Å². The molecule has 0 aliphatic rings. The van der Waals surface area contributed by atoms with Gasteiger partial charge in [-0.25, -0.2) is 9.48 Å². The second kappa shape index (κ2) is 9.66. The van der Waals surface area contributed by atoms with Crippen LogP contribution >= 0.6 is 11.6 Å². The first-order chi connectivity index (χ1) is 14.8. The van der Waals surface area contributed by atoms with Crippen molar-refractivity contribution in [3.8, 4) is 5.69 Å². The van der Waals surface area contributed by atoms with Crippen LogP contribution in [0.25, 0.3) is 5.69 Å². The number of carbonyl (C=O) groups is 2. The summed E-state index contributed by atoms with van der Waals surface area (Å²) in [5, 5.41) is 7.86. The number of hydrogen-bond acceptors (Lipinski definition) is 3. The molecule has 1 aromatic heterocycles. The molecule has 8 heteroatoms. The van der Waals surface area contributed by atoms with E-state index < -0.39 is 12.1 Å². The van der Waals surface area contributed by atoms with E-state index in [2.05, 4.69) is 10.4 Å². The Morgan fingerprint density at radius 1 is 1.13 bits per heavy atom. The van der Waals surface area contributed by atoms with Gasteiger partial charge in [0.15, 0.2) is 0 Å². The Kier molecular flexibility index (Phi) is 6.97. The number of benzene rings is 2. The van der Waals surface area contributed by atoms with E-state index in [0.29, 0.717) is 11.6 Å². The largest absolute Gasteiger partial charge is 0.352 e. The standard InChI is InChI=1S/C23H26ClN5O2/c1-15-20(16(2)29(27-15)19-7-5-4-6-8-19)14-28(3)22(30)13-21(26-23(25)31)17-9-11-18(24)12-10-17/h4-12,21H,13-14H2,1-3H3,(H3,25,26,31). The summed E-state index contributed by atoms with van der Waals surface area (Å²) in [6, 6.07) is 15.6. The van der Waals surface area contributed by atoms with Crippen LogP contribution in [-0.4, -0.2) is 33.7 Å². The first-order valence-electron chi connectivity index (χ1n) is 9.92. The molecule has 0 fully saturated rings. The smallest absolute Gasteiger partial charge is 0.312 e. The van der Waals surface area contributed by atoms with Crippen molar-refractivity contribution in [1.82, 2.24) is 20.0 Å².